The van der Waals surface area contributed by atoms with E-state index < -0.39 is 29.4 Å². The molecular weight excluding hydrogens is 376 g/mol. The van der Waals surface area contributed by atoms with Crippen LogP contribution in [0.2, 0.25) is 0 Å². The number of nitrogens with one attached hydrogen (secondary N) is 1. The molecular formula is C21H32N2O6. The monoisotopic (exact) mass is 408 g/mol. The van der Waals surface area contributed by atoms with Crippen molar-refractivity contribution in [1.29, 1.82) is 0 Å². The van der Waals surface area contributed by atoms with Crippen molar-refractivity contribution in [2.45, 2.75) is 78.0 Å². The molecule has 0 radical (unpaired) electrons. The second kappa shape index (κ2) is 10.1. The van der Waals surface area contributed by atoms with Gasteiger partial charge in [0.15, 0.2) is 0 Å². The van der Waals surface area contributed by atoms with E-state index in [2.05, 4.69) is 5.32 Å². The van der Waals surface area contributed by atoms with Gasteiger partial charge in [0.1, 0.15) is 17.0 Å². The molecule has 0 saturated carbocycles. The third kappa shape index (κ3) is 11.6. The Morgan fingerprint density at radius 2 is 1.52 bits per heavy atom. The molecule has 162 valence electrons. The lowest BCUT2D eigenvalue weighted by atomic mass is 10.0. The first-order chi connectivity index (χ1) is 13.2. The highest BCUT2D eigenvalue weighted by molar-refractivity contribution is 5.74. The summed E-state index contributed by atoms with van der Waals surface area (Å²) >= 11 is 0. The van der Waals surface area contributed by atoms with Crippen LogP contribution < -0.4 is 15.8 Å². The van der Waals surface area contributed by atoms with E-state index in [-0.39, 0.29) is 12.5 Å². The molecule has 29 heavy (non-hydrogen) atoms. The maximum absolute atomic E-state index is 12.1. The van der Waals surface area contributed by atoms with E-state index in [0.717, 1.165) is 5.56 Å². The lowest BCUT2D eigenvalue weighted by molar-refractivity contribution is -0.118. The fourth-order valence-corrected chi connectivity index (χ4v) is 2.36. The molecule has 3 N–H and O–H groups in total. The molecule has 1 aromatic rings. The van der Waals surface area contributed by atoms with Gasteiger partial charge in [-0.15, -0.1) is 0 Å². The topological polar surface area (TPSA) is 117 Å². The number of hydrogen-bond donors (Lipinski definition) is 2. The van der Waals surface area contributed by atoms with Crippen molar-refractivity contribution in [2.24, 2.45) is 5.73 Å². The van der Waals surface area contributed by atoms with Crippen molar-refractivity contribution < 1.29 is 28.6 Å². The van der Waals surface area contributed by atoms with Gasteiger partial charge >= 0.3 is 12.2 Å². The van der Waals surface area contributed by atoms with E-state index in [9.17, 15) is 14.4 Å². The molecule has 1 atom stereocenters. The average Bonchev–Trinajstić information content (AvgIpc) is 2.50. The zero-order chi connectivity index (χ0) is 22.2. The van der Waals surface area contributed by atoms with E-state index in [4.69, 9.17) is 19.9 Å². The molecule has 1 rings (SSSR count). The molecule has 0 fully saturated rings. The molecule has 0 aliphatic rings. The number of alkyl carbamates (subject to hydrolysis) is 1. The van der Waals surface area contributed by atoms with Gasteiger partial charge in [-0.2, -0.15) is 0 Å². The molecule has 1 aromatic carbocycles. The van der Waals surface area contributed by atoms with Crippen molar-refractivity contribution in [1.82, 2.24) is 5.32 Å². The van der Waals surface area contributed by atoms with Crippen LogP contribution in [0.5, 0.6) is 5.75 Å². The van der Waals surface area contributed by atoms with E-state index in [1.54, 1.807) is 65.8 Å². The van der Waals surface area contributed by atoms with Crippen LogP contribution in [0.1, 0.15) is 59.9 Å². The minimum absolute atomic E-state index is 0.139. The van der Waals surface area contributed by atoms with Crippen molar-refractivity contribution >= 4 is 18.2 Å². The number of ether oxygens (including phenoxy) is 3. The van der Waals surface area contributed by atoms with Crippen molar-refractivity contribution in [3.63, 3.8) is 0 Å². The molecule has 0 aliphatic heterocycles. The van der Waals surface area contributed by atoms with Crippen LogP contribution in [-0.2, 0) is 20.7 Å². The van der Waals surface area contributed by atoms with Gasteiger partial charge < -0.3 is 25.3 Å². The van der Waals surface area contributed by atoms with Gasteiger partial charge in [0.2, 0.25) is 5.91 Å². The normalized spacial score (nSPS) is 12.6. The third-order valence-corrected chi connectivity index (χ3v) is 3.46. The molecule has 0 aliphatic carbocycles. The van der Waals surface area contributed by atoms with Crippen LogP contribution in [0, 0.1) is 0 Å². The standard InChI is InChI=1S/C21H32N2O6/c1-20(2,3)28-18(25)23-15(9-12-17(22)24)13-14-7-10-16(11-8-14)27-19(26)29-21(4,5)6/h7-8,10-11,15H,9,12-13H2,1-6H3,(H2,22,24)(H,23,25). The molecule has 0 aromatic heterocycles. The molecule has 8 heteroatoms. The SMILES string of the molecule is CC(C)(C)OC(=O)NC(CCC(N)=O)Cc1ccc(OC(=O)OC(C)(C)C)cc1. The van der Waals surface area contributed by atoms with Crippen LogP contribution >= 0.6 is 0 Å². The minimum atomic E-state index is -0.781. The third-order valence-electron chi connectivity index (χ3n) is 3.46. The molecule has 1 unspecified atom stereocenters. The van der Waals surface area contributed by atoms with Crippen LogP contribution in [0.3, 0.4) is 0 Å². The summed E-state index contributed by atoms with van der Waals surface area (Å²) in [6.07, 6.45) is -0.363. The maximum Gasteiger partial charge on any atom is 0.514 e. The Labute approximate surface area is 172 Å². The summed E-state index contributed by atoms with van der Waals surface area (Å²) in [7, 11) is 0. The Bertz CT molecular complexity index is 701. The summed E-state index contributed by atoms with van der Waals surface area (Å²) in [5, 5.41) is 2.78. The first kappa shape index (κ1) is 24.3. The first-order valence-corrected chi connectivity index (χ1v) is 9.51. The first-order valence-electron chi connectivity index (χ1n) is 9.51. The zero-order valence-corrected chi connectivity index (χ0v) is 18.0. The molecule has 0 heterocycles. The Morgan fingerprint density at radius 1 is 0.966 bits per heavy atom. The van der Waals surface area contributed by atoms with Crippen LogP contribution in [0.25, 0.3) is 0 Å². The van der Waals surface area contributed by atoms with Gasteiger partial charge in [-0.3, -0.25) is 4.79 Å². The Morgan fingerprint density at radius 3 is 2.00 bits per heavy atom. The van der Waals surface area contributed by atoms with Crippen molar-refractivity contribution in [3.05, 3.63) is 29.8 Å². The van der Waals surface area contributed by atoms with E-state index >= 15 is 0 Å². The summed E-state index contributed by atoms with van der Waals surface area (Å²) in [5.41, 5.74) is 4.85. The maximum atomic E-state index is 12.1. The number of hydrogen-bond acceptors (Lipinski definition) is 6. The second-order valence-electron chi connectivity index (χ2n) is 8.76. The molecule has 8 nitrogen and oxygen atoms in total. The summed E-state index contributed by atoms with van der Waals surface area (Å²) in [6.45, 7) is 10.6. The Hall–Kier alpha value is -2.77. The smallest absolute Gasteiger partial charge is 0.444 e. The fraction of sp³-hybridized carbons (Fsp3) is 0.571. The van der Waals surface area contributed by atoms with Crippen LogP contribution in [0.15, 0.2) is 24.3 Å². The number of amides is 2. The summed E-state index contributed by atoms with van der Waals surface area (Å²) < 4.78 is 15.5. The van der Waals surface area contributed by atoms with Crippen molar-refractivity contribution in [3.8, 4) is 5.75 Å². The number of benzene rings is 1. The average molecular weight is 408 g/mol. The molecule has 0 spiro atoms. The molecule has 0 bridgehead atoms. The minimum Gasteiger partial charge on any atom is -0.444 e. The largest absolute Gasteiger partial charge is 0.514 e. The fourth-order valence-electron chi connectivity index (χ4n) is 2.36. The van der Waals surface area contributed by atoms with Gasteiger partial charge in [-0.05, 0) is 72.1 Å². The second-order valence-corrected chi connectivity index (χ2v) is 8.76. The van der Waals surface area contributed by atoms with Crippen molar-refractivity contribution in [2.75, 3.05) is 0 Å². The Balaban J connectivity index is 2.73. The van der Waals surface area contributed by atoms with E-state index in [0.29, 0.717) is 18.6 Å². The predicted molar refractivity (Wildman–Crippen MR) is 109 cm³/mol. The van der Waals surface area contributed by atoms with E-state index in [1.165, 1.54) is 0 Å². The van der Waals surface area contributed by atoms with Gasteiger partial charge in [0, 0.05) is 12.5 Å². The van der Waals surface area contributed by atoms with Gasteiger partial charge in [-0.25, -0.2) is 9.59 Å². The van der Waals surface area contributed by atoms with Crippen LogP contribution in [-0.4, -0.2) is 35.4 Å². The van der Waals surface area contributed by atoms with Crippen LogP contribution in [0.4, 0.5) is 9.59 Å². The number of carbonyl (C=O) groups is 3. The predicted octanol–water partition coefficient (Wildman–Crippen LogP) is 3.70. The highest BCUT2D eigenvalue weighted by Gasteiger charge is 2.21. The summed E-state index contributed by atoms with van der Waals surface area (Å²) in [6, 6.07) is 6.48. The zero-order valence-electron chi connectivity index (χ0n) is 18.0. The molecule has 0 saturated heterocycles. The number of rotatable bonds is 7. The highest BCUT2D eigenvalue weighted by atomic mass is 16.7. The summed E-state index contributed by atoms with van der Waals surface area (Å²) in [5.74, 6) is -0.0983. The number of primary amides is 1. The summed E-state index contributed by atoms with van der Waals surface area (Å²) in [4.78, 5) is 34.9. The lowest BCUT2D eigenvalue weighted by Gasteiger charge is -2.23. The quantitative estimate of drug-likeness (QED) is 0.525. The Kier molecular flexibility index (Phi) is 8.48. The lowest BCUT2D eigenvalue weighted by Crippen LogP contribution is -2.40. The highest BCUT2D eigenvalue weighted by Crippen LogP contribution is 2.17. The number of nitrogens with two attached hydrogens (primary N) is 1. The van der Waals surface area contributed by atoms with Gasteiger partial charge in [0.25, 0.3) is 0 Å². The van der Waals surface area contributed by atoms with Gasteiger partial charge in [-0.1, -0.05) is 12.1 Å². The number of carbonyl (C=O) groups excluding carboxylic acids is 3. The van der Waals surface area contributed by atoms with E-state index in [1.807, 2.05) is 0 Å². The van der Waals surface area contributed by atoms with Gasteiger partial charge in [0.05, 0.1) is 0 Å². The molecule has 2 amide bonds.